The number of nitrogens with zero attached hydrogens (tertiary/aromatic N) is 2. The number of carbonyl (C=O) groups excluding carboxylic acids is 2. The molecule has 2 atom stereocenters. The van der Waals surface area contributed by atoms with E-state index in [1.165, 1.54) is 69.8 Å². The van der Waals surface area contributed by atoms with Crippen LogP contribution in [0.5, 0.6) is 5.75 Å². The zero-order valence-corrected chi connectivity index (χ0v) is 43.8. The van der Waals surface area contributed by atoms with Crippen molar-refractivity contribution in [3.05, 3.63) is 70.2 Å². The third-order valence-electron chi connectivity index (χ3n) is 12.1. The second kappa shape index (κ2) is 32.3. The molecule has 378 valence electrons. The van der Waals surface area contributed by atoms with Gasteiger partial charge in [0.2, 0.25) is 0 Å². The summed E-state index contributed by atoms with van der Waals surface area (Å²) in [5.41, 5.74) is 8.80. The number of rotatable bonds is 38. The van der Waals surface area contributed by atoms with Crippen molar-refractivity contribution in [1.82, 2.24) is 4.98 Å². The number of hydrogen-bond acceptors (Lipinski definition) is 10. The highest BCUT2D eigenvalue weighted by Gasteiger charge is 2.23. The minimum Gasteiger partial charge on any atom is -0.756 e. The van der Waals surface area contributed by atoms with Crippen LogP contribution in [0.25, 0.3) is 5.57 Å². The quantitative estimate of drug-likeness (QED) is 0.0300. The molecule has 2 heterocycles. The molecule has 1 N–H and O–H groups in total. The lowest BCUT2D eigenvalue weighted by atomic mass is 9.96. The molecule has 0 saturated heterocycles. The van der Waals surface area contributed by atoms with Gasteiger partial charge in [0.15, 0.2) is 6.10 Å². The molecular weight excluding hydrogens is 866 g/mol. The van der Waals surface area contributed by atoms with Crippen LogP contribution in [0, 0.1) is 13.8 Å². The second-order valence-corrected chi connectivity index (χ2v) is 21.1. The average molecular weight is 954 g/mol. The van der Waals surface area contributed by atoms with E-state index in [1.807, 2.05) is 40.2 Å². The Morgan fingerprint density at radius 3 is 1.75 bits per heavy atom. The number of nitrogens with one attached hydrogen (secondary N) is 1. The number of esters is 2. The van der Waals surface area contributed by atoms with Gasteiger partial charge >= 0.3 is 11.9 Å². The molecule has 0 amide bonds. The minimum atomic E-state index is -4.65. The number of aromatic nitrogens is 1. The van der Waals surface area contributed by atoms with Gasteiger partial charge in [-0.15, -0.1) is 0 Å². The van der Waals surface area contributed by atoms with Gasteiger partial charge in [0, 0.05) is 29.8 Å². The van der Waals surface area contributed by atoms with E-state index in [0.717, 1.165) is 109 Å². The Labute approximate surface area is 404 Å². The fraction of sp³-hybridized carbons (Fsp3) is 0.685. The Hall–Kier alpha value is -3.54. The van der Waals surface area contributed by atoms with E-state index in [9.17, 15) is 19.0 Å². The van der Waals surface area contributed by atoms with Crippen molar-refractivity contribution in [1.29, 1.82) is 0 Å². The maximum Gasteiger partial charge on any atom is 0.306 e. The molecule has 67 heavy (non-hydrogen) atoms. The molecule has 0 bridgehead atoms. The summed E-state index contributed by atoms with van der Waals surface area (Å²) in [6.45, 7) is 10.9. The third kappa shape index (κ3) is 25.6. The van der Waals surface area contributed by atoms with Crippen LogP contribution in [0.15, 0.2) is 52.7 Å². The maximum atomic E-state index is 12.8. The number of aryl methyl sites for hydroxylation is 2. The molecule has 12 nitrogen and oxygen atoms in total. The highest BCUT2D eigenvalue weighted by Crippen LogP contribution is 2.39. The van der Waals surface area contributed by atoms with Gasteiger partial charge in [-0.1, -0.05) is 135 Å². The summed E-state index contributed by atoms with van der Waals surface area (Å²) in [7, 11) is 1.12. The van der Waals surface area contributed by atoms with Gasteiger partial charge in [-0.2, -0.15) is 0 Å². The Morgan fingerprint density at radius 2 is 1.24 bits per heavy atom. The molecule has 0 spiro atoms. The zero-order valence-electron chi connectivity index (χ0n) is 42.9. The van der Waals surface area contributed by atoms with Crippen LogP contribution in [0.3, 0.4) is 0 Å². The first-order valence-corrected chi connectivity index (χ1v) is 27.2. The molecule has 3 rings (SSSR count). The Balaban J connectivity index is 1.30. The average Bonchev–Trinajstić information content (AvgIpc) is 3.79. The number of aliphatic imine (C=N–C) groups is 1. The number of unbranched alkanes of at least 4 members (excludes halogenated alkanes) is 19. The Morgan fingerprint density at radius 1 is 0.701 bits per heavy atom. The van der Waals surface area contributed by atoms with Crippen LogP contribution in [-0.2, 0) is 32.7 Å². The van der Waals surface area contributed by atoms with E-state index in [2.05, 4.69) is 57.0 Å². The largest absolute Gasteiger partial charge is 0.756 e. The summed E-state index contributed by atoms with van der Waals surface area (Å²) in [6.07, 6.45) is 25.2. The third-order valence-corrected chi connectivity index (χ3v) is 13.0. The van der Waals surface area contributed by atoms with Crippen molar-refractivity contribution >= 4 is 31.0 Å². The molecule has 0 radical (unpaired) electrons. The SMILES string of the molecule is CCCCCCCCCCCCCCCC(=O)OC[C@H](COP(=O)([O-])OCC[N+](C)(C)C)OC(=O)CCCCCCCCCCOc1ccc(/C(=C2/N=C(C)C=C2C)c2[nH]c(C)cc2C)cc1. The molecule has 0 saturated carbocycles. The fourth-order valence-corrected chi connectivity index (χ4v) is 8.93. The van der Waals surface area contributed by atoms with E-state index in [1.54, 1.807) is 0 Å². The first-order valence-electron chi connectivity index (χ1n) is 25.7. The number of H-pyrrole nitrogens is 1. The standard InChI is InChI=1S/C54H88N3O9P/c1-9-10-11-12-13-14-15-16-17-18-21-24-27-30-50(58)63-41-49(42-65-67(60,61)64-38-36-57(6,7)8)66-51(59)31-28-25-22-19-20-23-26-29-37-62-48-34-32-47(33-35-48)52(53-43(2)39-45(4)55-53)54-44(3)40-46(5)56-54/h32-35,39-40,49H,9-31,36-38,41-42H2,1-8H3,(H-,55,56,60,61)/t49-/m1/s1. The normalized spacial score (nSPS) is 14.9. The zero-order chi connectivity index (χ0) is 48.9. The summed E-state index contributed by atoms with van der Waals surface area (Å²) in [5.74, 6) is -0.0170. The molecule has 13 heteroatoms. The molecule has 1 aliphatic rings. The van der Waals surface area contributed by atoms with E-state index >= 15 is 0 Å². The molecular formula is C54H88N3O9P. The van der Waals surface area contributed by atoms with Crippen LogP contribution in [0.4, 0.5) is 0 Å². The summed E-state index contributed by atoms with van der Waals surface area (Å²) < 4.78 is 40.2. The number of likely N-dealkylation sites (N-methyl/N-ethyl adjacent to an activating group) is 1. The van der Waals surface area contributed by atoms with Crippen LogP contribution < -0.4 is 9.63 Å². The number of hydrogen-bond donors (Lipinski definition) is 1. The molecule has 1 aromatic heterocycles. The van der Waals surface area contributed by atoms with Crippen molar-refractivity contribution in [3.63, 3.8) is 0 Å². The number of phosphoric ester groups is 1. The van der Waals surface area contributed by atoms with E-state index < -0.39 is 32.5 Å². The number of ether oxygens (including phenoxy) is 3. The lowest BCUT2D eigenvalue weighted by Gasteiger charge is -2.28. The van der Waals surface area contributed by atoms with Crippen LogP contribution >= 0.6 is 7.82 Å². The first kappa shape index (κ1) is 57.8. The fourth-order valence-electron chi connectivity index (χ4n) is 8.20. The topological polar surface area (TPSA) is 149 Å². The van der Waals surface area contributed by atoms with Crippen molar-refractivity contribution < 1.29 is 46.8 Å². The highest BCUT2D eigenvalue weighted by atomic mass is 31.2. The molecule has 1 aliphatic heterocycles. The number of allylic oxidation sites excluding steroid dienone is 2. The van der Waals surface area contributed by atoms with Crippen molar-refractivity contribution in [2.45, 2.75) is 188 Å². The van der Waals surface area contributed by atoms with Gasteiger partial charge < -0.3 is 37.6 Å². The van der Waals surface area contributed by atoms with Gasteiger partial charge in [-0.25, -0.2) is 0 Å². The smallest absolute Gasteiger partial charge is 0.306 e. The molecule has 1 aromatic carbocycles. The predicted molar refractivity (Wildman–Crippen MR) is 270 cm³/mol. The van der Waals surface area contributed by atoms with E-state index in [-0.39, 0.29) is 26.1 Å². The summed E-state index contributed by atoms with van der Waals surface area (Å²) in [6, 6.07) is 10.5. The molecule has 2 aromatic rings. The van der Waals surface area contributed by atoms with Gasteiger partial charge in [0.25, 0.3) is 7.82 Å². The highest BCUT2D eigenvalue weighted by molar-refractivity contribution is 7.45. The van der Waals surface area contributed by atoms with Gasteiger partial charge in [-0.3, -0.25) is 19.1 Å². The first-order chi connectivity index (χ1) is 32.1. The lowest BCUT2D eigenvalue weighted by molar-refractivity contribution is -0.870. The number of carbonyl (C=O) groups is 2. The van der Waals surface area contributed by atoms with Crippen molar-refractivity contribution in [3.8, 4) is 5.75 Å². The van der Waals surface area contributed by atoms with Crippen molar-refractivity contribution in [2.24, 2.45) is 4.99 Å². The van der Waals surface area contributed by atoms with Gasteiger partial charge in [0.1, 0.15) is 25.5 Å². The number of phosphoric acid groups is 1. The van der Waals surface area contributed by atoms with Gasteiger partial charge in [0.05, 0.1) is 45.7 Å². The molecule has 1 unspecified atom stereocenters. The molecule has 0 fully saturated rings. The summed E-state index contributed by atoms with van der Waals surface area (Å²) in [5, 5.41) is 0. The lowest BCUT2D eigenvalue weighted by Crippen LogP contribution is -2.37. The van der Waals surface area contributed by atoms with Crippen molar-refractivity contribution in [2.75, 3.05) is 54.1 Å². The summed E-state index contributed by atoms with van der Waals surface area (Å²) in [4.78, 5) is 46.3. The molecule has 0 aliphatic carbocycles. The van der Waals surface area contributed by atoms with Crippen LogP contribution in [0.2, 0.25) is 0 Å². The second-order valence-electron chi connectivity index (χ2n) is 19.6. The summed E-state index contributed by atoms with van der Waals surface area (Å²) >= 11 is 0. The number of quaternary nitrogens is 1. The van der Waals surface area contributed by atoms with Gasteiger partial charge in [-0.05, 0) is 87.9 Å². The Kier molecular flexibility index (Phi) is 27.9. The van der Waals surface area contributed by atoms with E-state index in [0.29, 0.717) is 24.1 Å². The van der Waals surface area contributed by atoms with E-state index in [4.69, 9.17) is 28.3 Å². The number of benzene rings is 1. The van der Waals surface area contributed by atoms with Crippen LogP contribution in [0.1, 0.15) is 191 Å². The maximum absolute atomic E-state index is 12.8. The Bertz CT molecular complexity index is 1880. The van der Waals surface area contributed by atoms with Crippen LogP contribution in [-0.4, -0.2) is 87.3 Å². The predicted octanol–water partition coefficient (Wildman–Crippen LogP) is 12.8. The monoisotopic (exact) mass is 954 g/mol. The number of aromatic amines is 1. The minimum absolute atomic E-state index is 0.0451.